The van der Waals surface area contributed by atoms with Gasteiger partial charge < -0.3 is 431 Å². The zero-order chi connectivity index (χ0) is 30.9. The molecule has 0 aromatic heterocycles. The summed E-state index contributed by atoms with van der Waals surface area (Å²) in [6, 6.07) is 0. The largest absolute Gasteiger partial charge is 3.00 e. The van der Waals surface area contributed by atoms with E-state index >= 15 is 0 Å². The summed E-state index contributed by atoms with van der Waals surface area (Å²) in [7, 11) is 0. The minimum Gasteiger partial charge on any atom is -2.00 e. The van der Waals surface area contributed by atoms with E-state index in [1.54, 1.807) is 0 Å². The summed E-state index contributed by atoms with van der Waals surface area (Å²) >= 11 is 0. The van der Waals surface area contributed by atoms with E-state index in [0.29, 0.717) is 0 Å². The maximum Gasteiger partial charge on any atom is 3.00 e. The number of aliphatic carboxylic acids is 12. The molecule has 98 N–H and O–H groups in total. The van der Waals surface area contributed by atoms with Crippen LogP contribution in [-0.2, 0) is 361 Å². The first-order chi connectivity index (χ1) is 15.9. The summed E-state index contributed by atoms with van der Waals surface area (Å²) < 4.78 is 0. The third kappa shape index (κ3) is 1830. The van der Waals surface area contributed by atoms with Crippen molar-refractivity contribution in [3.05, 3.63) is 0 Å². The van der Waals surface area contributed by atoms with E-state index in [0.717, 1.165) is 0 Å². The van der Waals surface area contributed by atoms with Crippen LogP contribution in [0.15, 0.2) is 0 Å². The normalized spacial score (nSPS) is 2.64. The monoisotopic (exact) mass is 2270 g/mol. The fourth-order valence-corrected chi connectivity index (χ4v) is 0. The SMILES string of the molecule is N.N.N.N.N.N.N.N.N.N.N.N.N.N.N.N.N.N.N.N.N.N.N.N.O.O.O.O.O.O.O.O.O.O.O=C([O-])C(=O)[O-].O=C([O-])C(=O)[O-].O=C([O-])C(=O)[O-].O=C([O-])C(=O)[O-].O=C([O-])C(=O)[O-].O=C([O-])C(=O)[O-].[Co+3].[Co+3].[Co+3].[Co+3].[Mo].[Mo].[Mo].[Mo].[Mo].[Mo].[O-2].[O-2].[O-2].[O-2].[O-2].[O-2].[O-2].[O-2].[O-2].[O-2].[O-2].[O-2].[O-2].[O-2].[O-2].[O-2].[O-2].[O-2].[OH3+].[OH3+]. The minimum atomic E-state index is -2.19. The second-order valence-electron chi connectivity index (χ2n) is 3.45. The van der Waals surface area contributed by atoms with Gasteiger partial charge in [0, 0.05) is 126 Å². The number of carboxylic acids is 12. The molecule has 88 heteroatoms. The molecule has 0 rings (SSSR count). The van der Waals surface area contributed by atoms with Crippen LogP contribution in [0, 0.1) is 0 Å². The molecule has 0 unspecified atom stereocenters. The Labute approximate surface area is 691 Å². The molecule has 696 valence electrons. The van der Waals surface area contributed by atoms with Crippen LogP contribution in [0.25, 0.3) is 0 Å². The molecule has 0 spiro atoms. The quantitative estimate of drug-likeness (QED) is 0.0608. The molecule has 0 radical (unpaired) electrons. The summed E-state index contributed by atoms with van der Waals surface area (Å²) in [6.07, 6.45) is 0. The van der Waals surface area contributed by atoms with Crippen molar-refractivity contribution >= 4 is 71.6 Å². The number of hydrogen-bond acceptors (Lipinski definition) is 48. The summed E-state index contributed by atoms with van der Waals surface area (Å²) in [6.45, 7) is 0. The van der Waals surface area contributed by atoms with Gasteiger partial charge in [0.2, 0.25) is 0 Å². The van der Waals surface area contributed by atoms with Gasteiger partial charge in [0.05, 0.1) is 71.6 Å². The summed E-state index contributed by atoms with van der Waals surface area (Å²) in [5, 5.41) is 107. The zero-order valence-electron chi connectivity index (χ0n) is 50.1. The molecule has 78 nitrogen and oxygen atoms in total. The molecule has 0 fully saturated rings. The van der Waals surface area contributed by atoms with Crippen LogP contribution >= 0.6 is 0 Å². The summed E-state index contributed by atoms with van der Waals surface area (Å²) in [5.41, 5.74) is 0. The molecule has 0 heterocycles. The van der Waals surface area contributed by atoms with Crippen LogP contribution in [0.4, 0.5) is 0 Å². The molecule has 0 atom stereocenters. The van der Waals surface area contributed by atoms with Gasteiger partial charge in [-0.1, -0.05) is 0 Å². The summed E-state index contributed by atoms with van der Waals surface area (Å²) in [4.78, 5) is 107. The Balaban J connectivity index is -0.00000000141. The van der Waals surface area contributed by atoms with E-state index in [-0.39, 0.29) is 505 Å². The van der Waals surface area contributed by atoms with Gasteiger partial charge in [-0.2, -0.15) is 0 Å². The van der Waals surface area contributed by atoms with Gasteiger partial charge in [0.1, 0.15) is 0 Å². The molecule has 0 saturated heterocycles. The molecular formula is C12H98Co4Mo6N24O54-34. The van der Waals surface area contributed by atoms with Crippen LogP contribution in [0.2, 0.25) is 0 Å². The second kappa shape index (κ2) is 781. The van der Waals surface area contributed by atoms with Gasteiger partial charge in [-0.25, -0.2) is 0 Å². The second-order valence-corrected chi connectivity index (χ2v) is 3.45. The molecule has 0 amide bonds. The topological polar surface area (TPSA) is 2220 Å². The molecule has 0 aliphatic carbocycles. The first-order valence-corrected chi connectivity index (χ1v) is 6.40. The van der Waals surface area contributed by atoms with Crippen molar-refractivity contribution < 1.29 is 477 Å². The van der Waals surface area contributed by atoms with Crippen LogP contribution in [-0.4, -0.2) is 126 Å². The average Bonchev–Trinajstić information content (AvgIpc) is 2.69. The van der Waals surface area contributed by atoms with Crippen molar-refractivity contribution in [3.8, 4) is 0 Å². The number of carboxylic acid groups (broad SMARTS) is 12. The molecule has 0 aromatic carbocycles. The van der Waals surface area contributed by atoms with E-state index in [2.05, 4.69) is 0 Å². The first kappa shape index (κ1) is 1190. The Morgan fingerprint density at radius 3 is 0.130 bits per heavy atom. The third-order valence-electron chi connectivity index (χ3n) is 1.000. The van der Waals surface area contributed by atoms with Gasteiger partial charge in [-0.3, -0.25) is 0 Å². The Hall–Kier alpha value is -2.36. The Morgan fingerprint density at radius 1 is 0.120 bits per heavy atom. The first-order valence-electron chi connectivity index (χ1n) is 6.40. The molecule has 100 heavy (non-hydrogen) atoms. The zero-order valence-corrected chi connectivity index (χ0v) is 66.3. The third-order valence-corrected chi connectivity index (χ3v) is 1.000. The van der Waals surface area contributed by atoms with Crippen molar-refractivity contribution in [3.63, 3.8) is 0 Å². The molecule has 0 bridgehead atoms. The summed E-state index contributed by atoms with van der Waals surface area (Å²) in [5.74, 6) is -26.2. The Bertz CT molecular complexity index is 759. The maximum atomic E-state index is 8.93. The Kier molecular flexibility index (Phi) is 9330. The van der Waals surface area contributed by atoms with E-state index in [1.165, 1.54) is 0 Å². The van der Waals surface area contributed by atoms with E-state index in [1.807, 2.05) is 0 Å². The minimum absolute atomic E-state index is 0. The number of rotatable bonds is 0. The van der Waals surface area contributed by atoms with E-state index in [9.17, 15) is 0 Å². The van der Waals surface area contributed by atoms with Crippen LogP contribution in [0.3, 0.4) is 0 Å². The standard InChI is InChI=1S/6C2H2O4.4Co.6Mo.24H3N.12H2O.18O/c6*3-1(4)2(5)6;;;;;;;;;;;;;;;;;;;;;;;;;;;;;;;;;;;;;;;;;;;;;;;;;;;;;;;;;;;;;;;;/h6*(H,3,4)(H,5,6);;;;;;;;;;;24*1H3;12*1H2;;;;;;;;;;;;;;;;;;/q;;;;;;4*+3;;;;;;;;;;;;;;;;;;;;;;;;;;;;;;;;;;;;;;;;;;;18*-2/p-10. The van der Waals surface area contributed by atoms with Crippen molar-refractivity contribution in [2.75, 3.05) is 0 Å². The molecule has 0 aromatic rings. The van der Waals surface area contributed by atoms with Gasteiger partial charge in [-0.05, 0) is 0 Å². The smallest absolute Gasteiger partial charge is 2.00 e. The number of carbonyl (C=O) groups excluding carboxylic acids is 12. The maximum absolute atomic E-state index is 8.93. The van der Waals surface area contributed by atoms with Gasteiger partial charge in [0.15, 0.2) is 0 Å². The number of carbonyl (C=O) groups is 12. The average molecular weight is 2250 g/mol. The van der Waals surface area contributed by atoms with Crippen molar-refractivity contribution in [1.29, 1.82) is 0 Å². The van der Waals surface area contributed by atoms with Gasteiger partial charge in [0.25, 0.3) is 0 Å². The fraction of sp³-hybridized carbons (Fsp3) is 0. The Morgan fingerprint density at radius 2 is 0.130 bits per heavy atom. The fourth-order valence-electron chi connectivity index (χ4n) is 0. The molecule has 0 aliphatic rings. The van der Waals surface area contributed by atoms with Crippen LogP contribution in [0.1, 0.15) is 0 Å². The van der Waals surface area contributed by atoms with E-state index in [4.69, 9.17) is 119 Å². The van der Waals surface area contributed by atoms with Gasteiger partial charge >= 0.3 is 67.1 Å². The van der Waals surface area contributed by atoms with E-state index < -0.39 is 71.6 Å². The van der Waals surface area contributed by atoms with Gasteiger partial charge in [-0.15, -0.1) is 0 Å². The molecule has 0 aliphatic heterocycles. The molecular weight excluding hydrogens is 2160 g/mol. The van der Waals surface area contributed by atoms with Crippen LogP contribution < -0.4 is 209 Å². The predicted octanol–water partition coefficient (Wildman–Crippen LogP) is -29.4. The predicted molar refractivity (Wildman–Crippen MR) is 239 cm³/mol. The van der Waals surface area contributed by atoms with Crippen molar-refractivity contribution in [2.24, 2.45) is 0 Å². The van der Waals surface area contributed by atoms with Crippen LogP contribution in [0.5, 0.6) is 0 Å². The van der Waals surface area contributed by atoms with Crippen molar-refractivity contribution in [1.82, 2.24) is 148 Å². The van der Waals surface area contributed by atoms with Crippen molar-refractivity contribution in [2.45, 2.75) is 0 Å². The number of hydrogen-bond donors (Lipinski definition) is 24. The molecule has 0 saturated carbocycles.